The van der Waals surface area contributed by atoms with E-state index < -0.39 is 12.7 Å². The molecule has 1 unspecified atom stereocenters. The van der Waals surface area contributed by atoms with Crippen LogP contribution < -0.4 is 4.90 Å². The van der Waals surface area contributed by atoms with Crippen LogP contribution in [-0.4, -0.2) is 63.3 Å². The molecule has 0 aliphatic carbocycles. The zero-order valence-electron chi connectivity index (χ0n) is 13.5. The number of anilines is 1. The molecule has 1 saturated heterocycles. The summed E-state index contributed by atoms with van der Waals surface area (Å²) in [7, 11) is 0. The van der Waals surface area contributed by atoms with Gasteiger partial charge in [0.15, 0.2) is 11.6 Å². The van der Waals surface area contributed by atoms with E-state index in [0.717, 1.165) is 5.69 Å². The first kappa shape index (κ1) is 16.7. The number of aryl methyl sites for hydroxylation is 1. The monoisotopic (exact) mass is 340 g/mol. The molecule has 1 aliphatic rings. The first-order valence-electron chi connectivity index (χ1n) is 7.74. The summed E-state index contributed by atoms with van der Waals surface area (Å²) in [4.78, 5) is 3.41. The van der Waals surface area contributed by atoms with E-state index >= 15 is 0 Å². The van der Waals surface area contributed by atoms with Crippen LogP contribution in [0.4, 0.5) is 19.0 Å². The molecule has 3 heterocycles. The summed E-state index contributed by atoms with van der Waals surface area (Å²) in [5, 5.41) is 12.6. The van der Waals surface area contributed by atoms with Crippen molar-refractivity contribution < 1.29 is 13.2 Å². The lowest BCUT2D eigenvalue weighted by Crippen LogP contribution is -2.54. The highest BCUT2D eigenvalue weighted by Crippen LogP contribution is 2.22. The minimum absolute atomic E-state index is 0.199. The van der Waals surface area contributed by atoms with Crippen molar-refractivity contribution in [3.8, 4) is 5.82 Å². The van der Waals surface area contributed by atoms with E-state index in [0.29, 0.717) is 31.3 Å². The highest BCUT2D eigenvalue weighted by Gasteiger charge is 2.35. The molecule has 0 amide bonds. The minimum atomic E-state index is -4.17. The zero-order valence-corrected chi connectivity index (χ0v) is 13.5. The molecule has 1 aliphatic heterocycles. The van der Waals surface area contributed by atoms with Gasteiger partial charge in [-0.15, -0.1) is 10.2 Å². The number of rotatable bonds is 3. The molecule has 130 valence electrons. The van der Waals surface area contributed by atoms with Gasteiger partial charge in [-0.25, -0.2) is 4.68 Å². The number of aromatic nitrogens is 4. The molecule has 0 aromatic carbocycles. The van der Waals surface area contributed by atoms with Gasteiger partial charge in [-0.2, -0.15) is 18.3 Å². The molecule has 0 radical (unpaired) electrons. The van der Waals surface area contributed by atoms with Crippen molar-refractivity contribution in [2.24, 2.45) is 0 Å². The summed E-state index contributed by atoms with van der Waals surface area (Å²) in [6.07, 6.45) is -2.36. The van der Waals surface area contributed by atoms with E-state index in [9.17, 15) is 13.2 Å². The number of hydrogen-bond donors (Lipinski definition) is 0. The molecule has 0 N–H and O–H groups in total. The van der Waals surface area contributed by atoms with E-state index in [2.05, 4.69) is 15.3 Å². The van der Waals surface area contributed by atoms with Crippen molar-refractivity contribution in [2.75, 3.05) is 31.1 Å². The Labute approximate surface area is 137 Å². The smallest absolute Gasteiger partial charge is 0.352 e. The van der Waals surface area contributed by atoms with Gasteiger partial charge in [-0.1, -0.05) is 0 Å². The van der Waals surface area contributed by atoms with Crippen molar-refractivity contribution in [1.82, 2.24) is 24.9 Å². The quantitative estimate of drug-likeness (QED) is 0.856. The van der Waals surface area contributed by atoms with Crippen LogP contribution in [0, 0.1) is 6.92 Å². The van der Waals surface area contributed by atoms with Crippen LogP contribution in [0.2, 0.25) is 0 Å². The molecule has 9 heteroatoms. The predicted molar refractivity (Wildman–Crippen MR) is 83.2 cm³/mol. The number of piperazine rings is 1. The lowest BCUT2D eigenvalue weighted by Gasteiger charge is -2.40. The lowest BCUT2D eigenvalue weighted by atomic mass is 10.2. The first-order chi connectivity index (χ1) is 11.3. The molecule has 2 aromatic heterocycles. The number of nitrogens with zero attached hydrogens (tertiary/aromatic N) is 6. The Kier molecular flexibility index (Phi) is 4.44. The van der Waals surface area contributed by atoms with Crippen LogP contribution in [0.1, 0.15) is 12.6 Å². The van der Waals surface area contributed by atoms with Crippen molar-refractivity contribution in [1.29, 1.82) is 0 Å². The van der Waals surface area contributed by atoms with Crippen LogP contribution in [0.3, 0.4) is 0 Å². The average Bonchev–Trinajstić information content (AvgIpc) is 2.95. The van der Waals surface area contributed by atoms with E-state index in [1.165, 1.54) is 4.90 Å². The fourth-order valence-electron chi connectivity index (χ4n) is 2.82. The van der Waals surface area contributed by atoms with E-state index in [4.69, 9.17) is 0 Å². The third-order valence-corrected chi connectivity index (χ3v) is 4.06. The zero-order chi connectivity index (χ0) is 17.3. The average molecular weight is 340 g/mol. The van der Waals surface area contributed by atoms with Crippen molar-refractivity contribution in [3.05, 3.63) is 30.1 Å². The molecule has 1 atom stereocenters. The second-order valence-corrected chi connectivity index (χ2v) is 6.03. The summed E-state index contributed by atoms with van der Waals surface area (Å²) in [6.45, 7) is 4.15. The fourth-order valence-corrected chi connectivity index (χ4v) is 2.82. The van der Waals surface area contributed by atoms with Gasteiger partial charge < -0.3 is 4.90 Å². The Morgan fingerprint density at radius 2 is 1.83 bits per heavy atom. The molecular formula is C15H19F3N6. The first-order valence-corrected chi connectivity index (χ1v) is 7.74. The maximum Gasteiger partial charge on any atom is 0.401 e. The number of alkyl halides is 3. The lowest BCUT2D eigenvalue weighted by molar-refractivity contribution is -0.150. The Morgan fingerprint density at radius 1 is 1.12 bits per heavy atom. The second kappa shape index (κ2) is 6.39. The Balaban J connectivity index is 1.66. The van der Waals surface area contributed by atoms with Gasteiger partial charge in [-0.3, -0.25) is 4.90 Å². The Hall–Kier alpha value is -2.16. The van der Waals surface area contributed by atoms with Gasteiger partial charge in [-0.05, 0) is 32.0 Å². The number of halogens is 3. The summed E-state index contributed by atoms with van der Waals surface area (Å²) in [6, 6.07) is 5.31. The Bertz CT molecular complexity index is 681. The van der Waals surface area contributed by atoms with Crippen LogP contribution in [0.5, 0.6) is 0 Å². The van der Waals surface area contributed by atoms with Crippen LogP contribution in [0.25, 0.3) is 5.82 Å². The topological polar surface area (TPSA) is 50.1 Å². The molecule has 3 rings (SSSR count). The normalized spacial score (nSPS) is 19.7. The summed E-state index contributed by atoms with van der Waals surface area (Å²) >= 11 is 0. The van der Waals surface area contributed by atoms with Crippen LogP contribution in [0.15, 0.2) is 24.4 Å². The standard InChI is InChI=1S/C15H19F3N6/c1-11-5-6-24(21-11)14-4-3-13(19-20-14)22-7-8-23(12(2)9-22)10-15(16,17)18/h3-6,12H,7-10H2,1-2H3. The van der Waals surface area contributed by atoms with E-state index in [1.54, 1.807) is 17.8 Å². The molecule has 6 nitrogen and oxygen atoms in total. The van der Waals surface area contributed by atoms with Crippen LogP contribution in [-0.2, 0) is 0 Å². The highest BCUT2D eigenvalue weighted by atomic mass is 19.4. The predicted octanol–water partition coefficient (Wildman–Crippen LogP) is 2.04. The molecule has 24 heavy (non-hydrogen) atoms. The Morgan fingerprint density at radius 3 is 2.38 bits per heavy atom. The largest absolute Gasteiger partial charge is 0.401 e. The molecular weight excluding hydrogens is 321 g/mol. The van der Waals surface area contributed by atoms with Gasteiger partial charge in [0.25, 0.3) is 0 Å². The maximum absolute atomic E-state index is 12.6. The van der Waals surface area contributed by atoms with Crippen molar-refractivity contribution in [3.63, 3.8) is 0 Å². The van der Waals surface area contributed by atoms with Gasteiger partial charge in [0.1, 0.15) is 0 Å². The van der Waals surface area contributed by atoms with Crippen LogP contribution >= 0.6 is 0 Å². The summed E-state index contributed by atoms with van der Waals surface area (Å²) in [5.41, 5.74) is 0.885. The van der Waals surface area contributed by atoms with Gasteiger partial charge in [0.2, 0.25) is 0 Å². The third kappa shape index (κ3) is 3.84. The van der Waals surface area contributed by atoms with E-state index in [1.807, 2.05) is 30.0 Å². The van der Waals surface area contributed by atoms with Gasteiger partial charge in [0.05, 0.1) is 12.2 Å². The number of hydrogen-bond acceptors (Lipinski definition) is 5. The maximum atomic E-state index is 12.6. The second-order valence-electron chi connectivity index (χ2n) is 6.03. The molecule has 0 spiro atoms. The van der Waals surface area contributed by atoms with Crippen molar-refractivity contribution >= 4 is 5.82 Å². The third-order valence-electron chi connectivity index (χ3n) is 4.06. The van der Waals surface area contributed by atoms with Gasteiger partial charge >= 0.3 is 6.18 Å². The summed E-state index contributed by atoms with van der Waals surface area (Å²) in [5.74, 6) is 1.27. The molecule has 2 aromatic rings. The highest BCUT2D eigenvalue weighted by molar-refractivity contribution is 5.40. The van der Waals surface area contributed by atoms with Crippen molar-refractivity contribution in [2.45, 2.75) is 26.1 Å². The molecule has 0 saturated carbocycles. The van der Waals surface area contributed by atoms with E-state index in [-0.39, 0.29) is 6.04 Å². The SMILES string of the molecule is Cc1ccn(-c2ccc(N3CCN(CC(F)(F)F)C(C)C3)nn2)n1. The summed E-state index contributed by atoms with van der Waals surface area (Å²) < 4.78 is 39.3. The fraction of sp³-hybridized carbons (Fsp3) is 0.533. The van der Waals surface area contributed by atoms with Gasteiger partial charge in [0, 0.05) is 31.9 Å². The minimum Gasteiger partial charge on any atom is -0.352 e. The molecule has 1 fully saturated rings. The molecule has 0 bridgehead atoms.